The number of aromatic nitrogens is 5. The Hall–Kier alpha value is -3.03. The summed E-state index contributed by atoms with van der Waals surface area (Å²) in [4.78, 5) is 27.6. The summed E-state index contributed by atoms with van der Waals surface area (Å²) in [6.45, 7) is 3.77. The molecule has 4 heterocycles. The maximum Gasteiger partial charge on any atom is 0.217 e. The van der Waals surface area contributed by atoms with Gasteiger partial charge in [0.05, 0.1) is 11.1 Å². The zero-order chi connectivity index (χ0) is 19.7. The van der Waals surface area contributed by atoms with Crippen molar-refractivity contribution in [3.63, 3.8) is 0 Å². The van der Waals surface area contributed by atoms with Crippen molar-refractivity contribution in [3.8, 4) is 11.5 Å². The van der Waals surface area contributed by atoms with Crippen LogP contribution in [0.3, 0.4) is 0 Å². The zero-order valence-electron chi connectivity index (χ0n) is 16.3. The number of primary amides is 1. The van der Waals surface area contributed by atoms with Crippen molar-refractivity contribution in [1.82, 2.24) is 24.7 Å². The summed E-state index contributed by atoms with van der Waals surface area (Å²) in [6, 6.07) is 5.73. The lowest BCUT2D eigenvalue weighted by Crippen LogP contribution is -2.36. The van der Waals surface area contributed by atoms with Gasteiger partial charge in [-0.05, 0) is 44.2 Å². The normalized spacial score (nSPS) is 17.2. The minimum Gasteiger partial charge on any atom is -0.370 e. The molecule has 3 aromatic heterocycles. The third kappa shape index (κ3) is 3.54. The highest BCUT2D eigenvalue weighted by molar-refractivity contribution is 5.91. The quantitative estimate of drug-likeness (QED) is 0.729. The van der Waals surface area contributed by atoms with Gasteiger partial charge in [-0.15, -0.1) is 0 Å². The Labute approximate surface area is 163 Å². The number of nitrogens with zero attached hydrogens (tertiary/aromatic N) is 6. The summed E-state index contributed by atoms with van der Waals surface area (Å²) >= 11 is 0. The third-order valence-electron chi connectivity index (χ3n) is 5.35. The Morgan fingerprint density at radius 1 is 1.32 bits per heavy atom. The molecular weight excluding hydrogens is 354 g/mol. The van der Waals surface area contributed by atoms with Crippen molar-refractivity contribution in [2.45, 2.75) is 32.6 Å². The molecule has 1 aliphatic rings. The monoisotopic (exact) mass is 379 g/mol. The number of hydrogen-bond donors (Lipinski definition) is 1. The van der Waals surface area contributed by atoms with E-state index < -0.39 is 0 Å². The van der Waals surface area contributed by atoms with Crippen LogP contribution in [0.5, 0.6) is 0 Å². The highest BCUT2D eigenvalue weighted by Gasteiger charge is 2.26. The van der Waals surface area contributed by atoms with E-state index in [4.69, 9.17) is 15.7 Å². The van der Waals surface area contributed by atoms with Crippen molar-refractivity contribution < 1.29 is 4.79 Å². The fraction of sp³-hybridized carbons (Fsp3) is 0.450. The van der Waals surface area contributed by atoms with Crippen molar-refractivity contribution in [2.24, 2.45) is 18.7 Å². The Bertz CT molecular complexity index is 999. The second kappa shape index (κ2) is 7.53. The van der Waals surface area contributed by atoms with E-state index in [1.54, 1.807) is 10.9 Å². The fourth-order valence-electron chi connectivity index (χ4n) is 4.00. The number of carbonyl (C=O) groups is 1. The number of nitrogens with two attached hydrogens (primary N) is 1. The summed E-state index contributed by atoms with van der Waals surface area (Å²) in [5.41, 5.74) is 7.81. The first kappa shape index (κ1) is 18.3. The number of amides is 1. The van der Waals surface area contributed by atoms with E-state index in [9.17, 15) is 4.79 Å². The van der Waals surface area contributed by atoms with Gasteiger partial charge >= 0.3 is 0 Å². The van der Waals surface area contributed by atoms with E-state index in [-0.39, 0.29) is 5.91 Å². The van der Waals surface area contributed by atoms with E-state index in [1.165, 1.54) is 0 Å². The largest absolute Gasteiger partial charge is 0.370 e. The van der Waals surface area contributed by atoms with E-state index >= 15 is 0 Å². The zero-order valence-corrected chi connectivity index (χ0v) is 16.3. The lowest BCUT2D eigenvalue weighted by Gasteiger charge is -2.34. The topological polar surface area (TPSA) is 103 Å². The molecule has 0 aromatic carbocycles. The summed E-state index contributed by atoms with van der Waals surface area (Å²) < 4.78 is 1.80. The molecule has 0 unspecified atom stereocenters. The highest BCUT2D eigenvalue weighted by atomic mass is 16.1. The van der Waals surface area contributed by atoms with Crippen LogP contribution in [-0.4, -0.2) is 43.7 Å². The molecule has 8 nitrogen and oxygen atoms in total. The SMILES string of the molecule is Cc1nn(C)c2nc(-c3ccccn3)nc(N3CCC[C@@H](CCC(N)=O)C3)c12. The molecule has 1 fully saturated rings. The number of anilines is 1. The average molecular weight is 379 g/mol. The van der Waals surface area contributed by atoms with Gasteiger partial charge in [-0.25, -0.2) is 9.97 Å². The number of fused-ring (bicyclic) bond motifs is 1. The Morgan fingerprint density at radius 2 is 2.18 bits per heavy atom. The first-order valence-corrected chi connectivity index (χ1v) is 9.69. The van der Waals surface area contributed by atoms with Gasteiger partial charge in [-0.1, -0.05) is 6.07 Å². The van der Waals surface area contributed by atoms with E-state index in [2.05, 4.69) is 15.0 Å². The first-order chi connectivity index (χ1) is 13.5. The number of rotatable bonds is 5. The van der Waals surface area contributed by atoms with Crippen LogP contribution in [-0.2, 0) is 11.8 Å². The van der Waals surface area contributed by atoms with Gasteiger partial charge < -0.3 is 10.6 Å². The van der Waals surface area contributed by atoms with Crippen LogP contribution in [0.25, 0.3) is 22.6 Å². The molecule has 28 heavy (non-hydrogen) atoms. The summed E-state index contributed by atoms with van der Waals surface area (Å²) in [5.74, 6) is 1.70. The molecule has 0 saturated carbocycles. The van der Waals surface area contributed by atoms with Gasteiger partial charge in [-0.3, -0.25) is 14.5 Å². The van der Waals surface area contributed by atoms with E-state index in [0.29, 0.717) is 18.2 Å². The number of carbonyl (C=O) groups excluding carboxylic acids is 1. The Balaban J connectivity index is 1.75. The lowest BCUT2D eigenvalue weighted by atomic mass is 9.93. The fourth-order valence-corrected chi connectivity index (χ4v) is 4.00. The molecule has 8 heteroatoms. The molecule has 0 radical (unpaired) electrons. The highest BCUT2D eigenvalue weighted by Crippen LogP contribution is 2.32. The van der Waals surface area contributed by atoms with Gasteiger partial charge in [0.15, 0.2) is 11.5 Å². The summed E-state index contributed by atoms with van der Waals surface area (Å²) in [6.07, 6.45) is 5.17. The van der Waals surface area contributed by atoms with Crippen LogP contribution in [0.15, 0.2) is 24.4 Å². The molecule has 0 bridgehead atoms. The van der Waals surface area contributed by atoms with Gasteiger partial charge in [-0.2, -0.15) is 5.10 Å². The smallest absolute Gasteiger partial charge is 0.217 e. The predicted octanol–water partition coefficient (Wildman–Crippen LogP) is 2.22. The van der Waals surface area contributed by atoms with Gasteiger partial charge in [0.2, 0.25) is 5.91 Å². The maximum absolute atomic E-state index is 11.2. The molecule has 3 aromatic rings. The predicted molar refractivity (Wildman–Crippen MR) is 108 cm³/mol. The van der Waals surface area contributed by atoms with Crippen LogP contribution < -0.4 is 10.6 Å². The number of pyridine rings is 1. The summed E-state index contributed by atoms with van der Waals surface area (Å²) in [5, 5.41) is 5.55. The van der Waals surface area contributed by atoms with Crippen molar-refractivity contribution in [2.75, 3.05) is 18.0 Å². The van der Waals surface area contributed by atoms with E-state index in [0.717, 1.165) is 60.6 Å². The Kier molecular flexibility index (Phi) is 4.93. The maximum atomic E-state index is 11.2. The number of hydrogen-bond acceptors (Lipinski definition) is 6. The van der Waals surface area contributed by atoms with Gasteiger partial charge in [0.25, 0.3) is 0 Å². The molecule has 1 saturated heterocycles. The number of piperidine rings is 1. The minimum absolute atomic E-state index is 0.234. The van der Waals surface area contributed by atoms with E-state index in [1.807, 2.05) is 32.2 Å². The lowest BCUT2D eigenvalue weighted by molar-refractivity contribution is -0.118. The molecule has 1 atom stereocenters. The molecular formula is C20H25N7O. The molecule has 2 N–H and O–H groups in total. The standard InChI is InChI=1S/C20H25N7O/c1-13-17-19(26(2)25-13)23-18(15-7-3-4-10-22-15)24-20(17)27-11-5-6-14(12-27)8-9-16(21)28/h3-4,7,10,14H,5-6,8-9,11-12H2,1-2H3,(H2,21,28)/t14-/m0/s1. The van der Waals surface area contributed by atoms with Crippen LogP contribution in [0.1, 0.15) is 31.4 Å². The molecule has 0 aliphatic carbocycles. The van der Waals surface area contributed by atoms with Gasteiger partial charge in [0, 0.05) is 32.8 Å². The van der Waals surface area contributed by atoms with Gasteiger partial charge in [0.1, 0.15) is 11.5 Å². The molecule has 146 valence electrons. The van der Waals surface area contributed by atoms with Crippen LogP contribution >= 0.6 is 0 Å². The summed E-state index contributed by atoms with van der Waals surface area (Å²) in [7, 11) is 1.90. The second-order valence-corrected chi connectivity index (χ2v) is 7.45. The molecule has 1 amide bonds. The Morgan fingerprint density at radius 3 is 2.93 bits per heavy atom. The molecule has 1 aliphatic heterocycles. The van der Waals surface area contributed by atoms with Crippen LogP contribution in [0.2, 0.25) is 0 Å². The number of aryl methyl sites for hydroxylation is 2. The van der Waals surface area contributed by atoms with Crippen LogP contribution in [0.4, 0.5) is 5.82 Å². The van der Waals surface area contributed by atoms with Crippen LogP contribution in [0, 0.1) is 12.8 Å². The van der Waals surface area contributed by atoms with Crippen molar-refractivity contribution in [1.29, 1.82) is 0 Å². The van der Waals surface area contributed by atoms with Crippen molar-refractivity contribution in [3.05, 3.63) is 30.1 Å². The molecule has 0 spiro atoms. The molecule has 4 rings (SSSR count). The second-order valence-electron chi connectivity index (χ2n) is 7.45. The average Bonchev–Trinajstić information content (AvgIpc) is 3.00. The first-order valence-electron chi connectivity index (χ1n) is 9.69. The third-order valence-corrected chi connectivity index (χ3v) is 5.35. The minimum atomic E-state index is -0.234. The van der Waals surface area contributed by atoms with Crippen molar-refractivity contribution >= 4 is 22.8 Å².